The molecule has 5 heteroatoms. The van der Waals surface area contributed by atoms with Crippen molar-refractivity contribution in [1.82, 2.24) is 4.90 Å². The standard InChI is InChI=1S/C18H18BrNO3/c1-12-2-7-16(21)15(10-12)18(22)20-8-9-23-17(11-20)13-3-5-14(19)6-4-13/h2-7,10,17,21H,8-9,11H2,1H3. The highest BCUT2D eigenvalue weighted by atomic mass is 79.9. The smallest absolute Gasteiger partial charge is 0.257 e. The summed E-state index contributed by atoms with van der Waals surface area (Å²) >= 11 is 3.42. The van der Waals surface area contributed by atoms with Gasteiger partial charge in [-0.05, 0) is 36.8 Å². The number of benzene rings is 2. The van der Waals surface area contributed by atoms with Crippen LogP contribution in [0.1, 0.15) is 27.6 Å². The first-order valence-electron chi connectivity index (χ1n) is 7.50. The van der Waals surface area contributed by atoms with Crippen LogP contribution in [0.2, 0.25) is 0 Å². The first-order valence-corrected chi connectivity index (χ1v) is 8.30. The van der Waals surface area contributed by atoms with Crippen molar-refractivity contribution >= 4 is 21.8 Å². The quantitative estimate of drug-likeness (QED) is 0.870. The number of phenols is 1. The van der Waals surface area contributed by atoms with Crippen molar-refractivity contribution in [3.8, 4) is 5.75 Å². The SMILES string of the molecule is Cc1ccc(O)c(C(=O)N2CCOC(c3ccc(Br)cc3)C2)c1. The first kappa shape index (κ1) is 16.0. The molecule has 2 aromatic rings. The Morgan fingerprint density at radius 1 is 1.26 bits per heavy atom. The van der Waals surface area contributed by atoms with Crippen LogP contribution in [0.3, 0.4) is 0 Å². The van der Waals surface area contributed by atoms with Crippen LogP contribution in [0.25, 0.3) is 0 Å². The van der Waals surface area contributed by atoms with E-state index in [-0.39, 0.29) is 17.8 Å². The van der Waals surface area contributed by atoms with Crippen LogP contribution in [-0.2, 0) is 4.74 Å². The molecule has 0 saturated carbocycles. The number of ether oxygens (including phenoxy) is 1. The molecule has 120 valence electrons. The average molecular weight is 376 g/mol. The number of phenolic OH excluding ortho intramolecular Hbond substituents is 1. The molecule has 0 radical (unpaired) electrons. The van der Waals surface area contributed by atoms with Crippen LogP contribution in [0.5, 0.6) is 5.75 Å². The molecule has 1 aliphatic heterocycles. The molecule has 1 aliphatic rings. The van der Waals surface area contributed by atoms with E-state index in [1.807, 2.05) is 31.2 Å². The van der Waals surface area contributed by atoms with Gasteiger partial charge >= 0.3 is 0 Å². The lowest BCUT2D eigenvalue weighted by atomic mass is 10.1. The maximum atomic E-state index is 12.7. The van der Waals surface area contributed by atoms with Gasteiger partial charge in [-0.15, -0.1) is 0 Å². The molecule has 1 saturated heterocycles. The summed E-state index contributed by atoms with van der Waals surface area (Å²) in [6.07, 6.45) is -0.146. The molecule has 1 atom stereocenters. The van der Waals surface area contributed by atoms with Gasteiger partial charge in [0.25, 0.3) is 5.91 Å². The largest absolute Gasteiger partial charge is 0.507 e. The maximum Gasteiger partial charge on any atom is 0.257 e. The summed E-state index contributed by atoms with van der Waals surface area (Å²) < 4.78 is 6.81. The number of aromatic hydroxyl groups is 1. The van der Waals surface area contributed by atoms with Crippen LogP contribution in [0.15, 0.2) is 46.9 Å². The predicted octanol–water partition coefficient (Wildman–Crippen LogP) is 3.68. The zero-order valence-electron chi connectivity index (χ0n) is 12.8. The second kappa shape index (κ2) is 6.72. The topological polar surface area (TPSA) is 49.8 Å². The molecule has 4 nitrogen and oxygen atoms in total. The van der Waals surface area contributed by atoms with Crippen molar-refractivity contribution in [3.63, 3.8) is 0 Å². The third-order valence-electron chi connectivity index (χ3n) is 3.98. The zero-order valence-corrected chi connectivity index (χ0v) is 14.4. The predicted molar refractivity (Wildman–Crippen MR) is 91.6 cm³/mol. The van der Waals surface area contributed by atoms with Gasteiger partial charge in [0.1, 0.15) is 11.9 Å². The van der Waals surface area contributed by atoms with Crippen molar-refractivity contribution in [1.29, 1.82) is 0 Å². The highest BCUT2D eigenvalue weighted by Crippen LogP contribution is 2.26. The first-order chi connectivity index (χ1) is 11.0. The number of nitrogens with zero attached hydrogens (tertiary/aromatic N) is 1. The molecule has 1 N–H and O–H groups in total. The number of aryl methyl sites for hydroxylation is 1. The Balaban J connectivity index is 1.79. The number of hydrogen-bond donors (Lipinski definition) is 1. The van der Waals surface area contributed by atoms with Gasteiger partial charge in [-0.2, -0.15) is 0 Å². The van der Waals surface area contributed by atoms with Gasteiger partial charge in [-0.25, -0.2) is 0 Å². The van der Waals surface area contributed by atoms with E-state index in [0.29, 0.717) is 25.3 Å². The van der Waals surface area contributed by atoms with Crippen LogP contribution in [0, 0.1) is 6.92 Å². The minimum Gasteiger partial charge on any atom is -0.507 e. The van der Waals surface area contributed by atoms with E-state index in [4.69, 9.17) is 4.74 Å². The molecule has 1 fully saturated rings. The van der Waals surface area contributed by atoms with Crippen molar-refractivity contribution < 1.29 is 14.6 Å². The molecule has 1 amide bonds. The molecule has 0 aromatic heterocycles. The Kier molecular flexibility index (Phi) is 4.68. The number of halogens is 1. The summed E-state index contributed by atoms with van der Waals surface area (Å²) in [6, 6.07) is 13.0. The monoisotopic (exact) mass is 375 g/mol. The van der Waals surface area contributed by atoms with Gasteiger partial charge in [0, 0.05) is 11.0 Å². The number of amides is 1. The molecular formula is C18H18BrNO3. The van der Waals surface area contributed by atoms with Crippen LogP contribution >= 0.6 is 15.9 Å². The highest BCUT2D eigenvalue weighted by molar-refractivity contribution is 9.10. The minimum atomic E-state index is -0.156. The molecule has 2 aromatic carbocycles. The Hall–Kier alpha value is -1.85. The number of carbonyl (C=O) groups is 1. The lowest BCUT2D eigenvalue weighted by Gasteiger charge is -2.33. The molecule has 1 heterocycles. The molecule has 0 bridgehead atoms. The van der Waals surface area contributed by atoms with Crippen LogP contribution in [0.4, 0.5) is 0 Å². The number of rotatable bonds is 2. The summed E-state index contributed by atoms with van der Waals surface area (Å²) in [5.74, 6) is -0.135. The van der Waals surface area contributed by atoms with E-state index >= 15 is 0 Å². The highest BCUT2D eigenvalue weighted by Gasteiger charge is 2.27. The fourth-order valence-corrected chi connectivity index (χ4v) is 2.97. The lowest BCUT2D eigenvalue weighted by molar-refractivity contribution is -0.0229. The summed E-state index contributed by atoms with van der Waals surface area (Å²) in [7, 11) is 0. The summed E-state index contributed by atoms with van der Waals surface area (Å²) in [6.45, 7) is 3.40. The van der Waals surface area contributed by atoms with E-state index < -0.39 is 0 Å². The van der Waals surface area contributed by atoms with E-state index in [1.165, 1.54) is 0 Å². The molecule has 1 unspecified atom stereocenters. The van der Waals surface area contributed by atoms with Gasteiger partial charge in [0.05, 0.1) is 18.7 Å². The molecule has 0 aliphatic carbocycles. The second-order valence-electron chi connectivity index (χ2n) is 5.68. The van der Waals surface area contributed by atoms with Crippen LogP contribution in [-0.4, -0.2) is 35.6 Å². The molecule has 0 spiro atoms. The fourth-order valence-electron chi connectivity index (χ4n) is 2.70. The van der Waals surface area contributed by atoms with Crippen LogP contribution < -0.4 is 0 Å². The average Bonchev–Trinajstić information content (AvgIpc) is 2.57. The Morgan fingerprint density at radius 3 is 2.74 bits per heavy atom. The number of hydrogen-bond acceptors (Lipinski definition) is 3. The van der Waals surface area contributed by atoms with E-state index in [9.17, 15) is 9.90 Å². The van der Waals surface area contributed by atoms with Crippen molar-refractivity contribution in [2.24, 2.45) is 0 Å². The Morgan fingerprint density at radius 2 is 2.00 bits per heavy atom. The summed E-state index contributed by atoms with van der Waals surface area (Å²) in [5.41, 5.74) is 2.34. The normalized spacial score (nSPS) is 18.0. The van der Waals surface area contributed by atoms with Gasteiger partial charge < -0.3 is 14.7 Å². The lowest BCUT2D eigenvalue weighted by Crippen LogP contribution is -2.42. The second-order valence-corrected chi connectivity index (χ2v) is 6.60. The van der Waals surface area contributed by atoms with E-state index in [0.717, 1.165) is 15.6 Å². The fraction of sp³-hybridized carbons (Fsp3) is 0.278. The van der Waals surface area contributed by atoms with Crippen molar-refractivity contribution in [2.75, 3.05) is 19.7 Å². The Labute approximate surface area is 143 Å². The van der Waals surface area contributed by atoms with E-state index in [1.54, 1.807) is 23.1 Å². The van der Waals surface area contributed by atoms with E-state index in [2.05, 4.69) is 15.9 Å². The van der Waals surface area contributed by atoms with Crippen molar-refractivity contribution in [2.45, 2.75) is 13.0 Å². The minimum absolute atomic E-state index is 0.0206. The number of morpholine rings is 1. The van der Waals surface area contributed by atoms with Gasteiger partial charge in [-0.1, -0.05) is 39.7 Å². The maximum absolute atomic E-state index is 12.7. The third-order valence-corrected chi connectivity index (χ3v) is 4.51. The van der Waals surface area contributed by atoms with Gasteiger partial charge in [-0.3, -0.25) is 4.79 Å². The summed E-state index contributed by atoms with van der Waals surface area (Å²) in [4.78, 5) is 14.4. The molecule has 23 heavy (non-hydrogen) atoms. The number of carbonyl (C=O) groups excluding carboxylic acids is 1. The molecular weight excluding hydrogens is 358 g/mol. The van der Waals surface area contributed by atoms with Gasteiger partial charge in [0.15, 0.2) is 0 Å². The van der Waals surface area contributed by atoms with Crippen molar-refractivity contribution in [3.05, 3.63) is 63.6 Å². The third kappa shape index (κ3) is 3.57. The van der Waals surface area contributed by atoms with Gasteiger partial charge in [0.2, 0.25) is 0 Å². The Bertz CT molecular complexity index is 715. The molecule has 3 rings (SSSR count). The zero-order chi connectivity index (χ0) is 16.4. The summed E-state index contributed by atoms with van der Waals surface area (Å²) in [5, 5.41) is 9.97.